The molecule has 0 saturated carbocycles. The maximum atomic E-state index is 13.0. The van der Waals surface area contributed by atoms with Crippen molar-refractivity contribution in [2.24, 2.45) is 5.92 Å². The van der Waals surface area contributed by atoms with E-state index < -0.39 is 5.97 Å². The van der Waals surface area contributed by atoms with Gasteiger partial charge in [-0.05, 0) is 61.7 Å². The lowest BCUT2D eigenvalue weighted by Gasteiger charge is -2.31. The summed E-state index contributed by atoms with van der Waals surface area (Å²) in [6, 6.07) is 9.34. The van der Waals surface area contributed by atoms with Crippen molar-refractivity contribution in [2.45, 2.75) is 26.3 Å². The number of likely N-dealkylation sites (tertiary alicyclic amines) is 1. The topological polar surface area (TPSA) is 89.2 Å². The van der Waals surface area contributed by atoms with E-state index in [9.17, 15) is 14.7 Å². The smallest absolute Gasteiger partial charge is 0.337 e. The van der Waals surface area contributed by atoms with Crippen LogP contribution in [-0.2, 0) is 11.3 Å². The van der Waals surface area contributed by atoms with Gasteiger partial charge in [-0.15, -0.1) is 0 Å². The summed E-state index contributed by atoms with van der Waals surface area (Å²) in [5.74, 6) is 0.679. The highest BCUT2D eigenvalue weighted by Gasteiger charge is 2.21. The van der Waals surface area contributed by atoms with Crippen LogP contribution in [0.2, 0.25) is 0 Å². The minimum Gasteiger partial charge on any atom is -0.507 e. The molecule has 2 aromatic carbocycles. The molecule has 7 heteroatoms. The molecule has 0 amide bonds. The number of carbonyl (C=O) groups is 1. The predicted molar refractivity (Wildman–Crippen MR) is 116 cm³/mol. The SMILES string of the molecule is COC(=O)c1ccc(Oc2coc3c(CN4CCC[C@H](C)C4)c(O)ccc3c2=O)cc1. The number of piperidine rings is 1. The number of phenolic OH excluding ortho intramolecular Hbond substituents is 1. The van der Waals surface area contributed by atoms with Crippen molar-refractivity contribution in [1.82, 2.24) is 4.90 Å². The lowest BCUT2D eigenvalue weighted by molar-refractivity contribution is 0.0600. The van der Waals surface area contributed by atoms with E-state index in [1.807, 2.05) is 0 Å². The Morgan fingerprint density at radius 3 is 2.71 bits per heavy atom. The van der Waals surface area contributed by atoms with E-state index in [1.54, 1.807) is 30.3 Å². The second-order valence-electron chi connectivity index (χ2n) is 7.97. The number of ether oxygens (including phenoxy) is 2. The first-order chi connectivity index (χ1) is 15.0. The zero-order valence-corrected chi connectivity index (χ0v) is 17.6. The molecule has 162 valence electrons. The van der Waals surface area contributed by atoms with Crippen molar-refractivity contribution in [3.8, 4) is 17.2 Å². The quantitative estimate of drug-likeness (QED) is 0.612. The van der Waals surface area contributed by atoms with E-state index in [-0.39, 0.29) is 16.9 Å². The fourth-order valence-electron chi connectivity index (χ4n) is 4.01. The second-order valence-corrected chi connectivity index (χ2v) is 7.97. The summed E-state index contributed by atoms with van der Waals surface area (Å²) in [7, 11) is 1.31. The van der Waals surface area contributed by atoms with Crippen molar-refractivity contribution in [2.75, 3.05) is 20.2 Å². The zero-order chi connectivity index (χ0) is 22.0. The van der Waals surface area contributed by atoms with Gasteiger partial charge in [0, 0.05) is 13.1 Å². The van der Waals surface area contributed by atoms with Crippen LogP contribution in [0.4, 0.5) is 0 Å². The molecule has 1 aliphatic heterocycles. The van der Waals surface area contributed by atoms with Gasteiger partial charge in [0.25, 0.3) is 0 Å². The number of hydrogen-bond acceptors (Lipinski definition) is 7. The fourth-order valence-corrected chi connectivity index (χ4v) is 4.01. The van der Waals surface area contributed by atoms with Crippen LogP contribution < -0.4 is 10.2 Å². The lowest BCUT2D eigenvalue weighted by atomic mass is 9.99. The average molecular weight is 423 g/mol. The molecule has 31 heavy (non-hydrogen) atoms. The first-order valence-corrected chi connectivity index (χ1v) is 10.3. The summed E-state index contributed by atoms with van der Waals surface area (Å²) in [5, 5.41) is 10.8. The molecule has 7 nitrogen and oxygen atoms in total. The molecule has 0 bridgehead atoms. The molecule has 0 radical (unpaired) electrons. The number of hydrogen-bond donors (Lipinski definition) is 1. The maximum absolute atomic E-state index is 13.0. The van der Waals surface area contributed by atoms with Crippen LogP contribution in [0.15, 0.2) is 51.9 Å². The number of aromatic hydroxyl groups is 1. The van der Waals surface area contributed by atoms with Crippen molar-refractivity contribution in [3.63, 3.8) is 0 Å². The normalized spacial score (nSPS) is 16.9. The van der Waals surface area contributed by atoms with Gasteiger partial charge in [0.05, 0.1) is 23.6 Å². The van der Waals surface area contributed by atoms with Crippen LogP contribution >= 0.6 is 0 Å². The van der Waals surface area contributed by atoms with Crippen LogP contribution in [0.25, 0.3) is 11.0 Å². The van der Waals surface area contributed by atoms with Crippen LogP contribution in [0.3, 0.4) is 0 Å². The monoisotopic (exact) mass is 423 g/mol. The summed E-state index contributed by atoms with van der Waals surface area (Å²) in [4.78, 5) is 26.8. The van der Waals surface area contributed by atoms with Crippen molar-refractivity contribution >= 4 is 16.9 Å². The number of fused-ring (bicyclic) bond motifs is 1. The van der Waals surface area contributed by atoms with Gasteiger partial charge in [0.2, 0.25) is 11.2 Å². The average Bonchev–Trinajstić information content (AvgIpc) is 2.77. The highest BCUT2D eigenvalue weighted by molar-refractivity contribution is 5.89. The molecule has 3 aromatic rings. The number of benzene rings is 2. The Bertz CT molecular complexity index is 1150. The van der Waals surface area contributed by atoms with E-state index >= 15 is 0 Å². The number of rotatable bonds is 5. The predicted octanol–water partition coefficient (Wildman–Crippen LogP) is 4.31. The molecular weight excluding hydrogens is 398 g/mol. The zero-order valence-electron chi connectivity index (χ0n) is 17.6. The van der Waals surface area contributed by atoms with E-state index in [0.29, 0.717) is 40.3 Å². The van der Waals surface area contributed by atoms with Gasteiger partial charge in [-0.3, -0.25) is 9.69 Å². The van der Waals surface area contributed by atoms with Crippen molar-refractivity contribution in [1.29, 1.82) is 0 Å². The van der Waals surface area contributed by atoms with Crippen LogP contribution in [0, 0.1) is 5.92 Å². The highest BCUT2D eigenvalue weighted by atomic mass is 16.5. The maximum Gasteiger partial charge on any atom is 0.337 e. The van der Waals surface area contributed by atoms with Crippen LogP contribution in [0.5, 0.6) is 17.2 Å². The lowest BCUT2D eigenvalue weighted by Crippen LogP contribution is -2.33. The first-order valence-electron chi connectivity index (χ1n) is 10.3. The van der Waals surface area contributed by atoms with Gasteiger partial charge in [-0.25, -0.2) is 4.79 Å². The van der Waals surface area contributed by atoms with E-state index in [1.165, 1.54) is 25.9 Å². The second kappa shape index (κ2) is 8.81. The Labute approximate surface area is 179 Å². The van der Waals surface area contributed by atoms with Gasteiger partial charge in [0.1, 0.15) is 23.3 Å². The summed E-state index contributed by atoms with van der Waals surface area (Å²) in [5.41, 5.74) is 1.04. The molecule has 1 aliphatic rings. The van der Waals surface area contributed by atoms with Gasteiger partial charge >= 0.3 is 5.97 Å². The minimum absolute atomic E-state index is 0.0292. The molecule has 1 atom stereocenters. The van der Waals surface area contributed by atoms with Gasteiger partial charge < -0.3 is 19.0 Å². The first kappa shape index (κ1) is 20.9. The molecule has 1 N–H and O–H groups in total. The summed E-state index contributed by atoms with van der Waals surface area (Å²) in [6.07, 6.45) is 3.58. The number of esters is 1. The Kier molecular flexibility index (Phi) is 5.95. The third-order valence-electron chi connectivity index (χ3n) is 5.61. The number of nitrogens with zero attached hydrogens (tertiary/aromatic N) is 1. The molecule has 1 aromatic heterocycles. The minimum atomic E-state index is -0.452. The third-order valence-corrected chi connectivity index (χ3v) is 5.61. The molecule has 1 saturated heterocycles. The van der Waals surface area contributed by atoms with Crippen molar-refractivity contribution < 1.29 is 23.8 Å². The van der Waals surface area contributed by atoms with Gasteiger partial charge in [0.15, 0.2) is 0 Å². The van der Waals surface area contributed by atoms with E-state index in [2.05, 4.69) is 16.6 Å². The highest BCUT2D eigenvalue weighted by Crippen LogP contribution is 2.30. The fraction of sp³-hybridized carbons (Fsp3) is 0.333. The summed E-state index contributed by atoms with van der Waals surface area (Å²) >= 11 is 0. The van der Waals surface area contributed by atoms with E-state index in [4.69, 9.17) is 9.15 Å². The Morgan fingerprint density at radius 1 is 1.23 bits per heavy atom. The van der Waals surface area contributed by atoms with Crippen molar-refractivity contribution in [3.05, 3.63) is 64.0 Å². The van der Waals surface area contributed by atoms with Crippen LogP contribution in [-0.4, -0.2) is 36.2 Å². The molecular formula is C24H25NO6. The molecule has 1 fully saturated rings. The molecule has 4 rings (SSSR count). The Hall–Kier alpha value is -3.32. The molecule has 2 heterocycles. The van der Waals surface area contributed by atoms with Crippen LogP contribution in [0.1, 0.15) is 35.7 Å². The van der Waals surface area contributed by atoms with E-state index in [0.717, 1.165) is 19.5 Å². The Balaban J connectivity index is 1.62. The third kappa shape index (κ3) is 4.41. The number of phenols is 1. The Morgan fingerprint density at radius 2 is 2.00 bits per heavy atom. The molecule has 0 unspecified atom stereocenters. The largest absolute Gasteiger partial charge is 0.507 e. The number of carbonyl (C=O) groups excluding carboxylic acids is 1. The van der Waals surface area contributed by atoms with Gasteiger partial charge in [-0.1, -0.05) is 6.92 Å². The van der Waals surface area contributed by atoms with Gasteiger partial charge in [-0.2, -0.15) is 0 Å². The molecule has 0 aliphatic carbocycles. The summed E-state index contributed by atoms with van der Waals surface area (Å²) < 4.78 is 16.1. The molecule has 0 spiro atoms. The summed E-state index contributed by atoms with van der Waals surface area (Å²) in [6.45, 7) is 4.64. The number of methoxy groups -OCH3 is 1. The standard InChI is InChI=1S/C24H25NO6/c1-15-4-3-11-25(12-15)13-19-20(26)10-9-18-22(27)21(14-30-23(18)19)31-17-7-5-16(6-8-17)24(28)29-2/h5-10,14-15,26H,3-4,11-13H2,1-2H3/t15-/m0/s1.